The van der Waals surface area contributed by atoms with Gasteiger partial charge in [0, 0.05) is 22.5 Å². The van der Waals surface area contributed by atoms with Crippen LogP contribution in [0.5, 0.6) is 0 Å². The highest BCUT2D eigenvalue weighted by Gasteiger charge is 2.26. The minimum absolute atomic E-state index is 0.275. The first-order valence-corrected chi connectivity index (χ1v) is 8.39. The standard InChI is InChI=1S/C20H17ClN2O3/c1-13-9-10-15(12-16(13)21)23-19(24)18(14-6-3-2-4-7-14)26-20(25)17-8-5-11-22-17/h2-12,18,22H,1H3,(H,23,24)/t18-/m1/s1. The summed E-state index contributed by atoms with van der Waals surface area (Å²) in [5, 5.41) is 3.29. The number of benzene rings is 2. The van der Waals surface area contributed by atoms with Crippen LogP contribution in [0.2, 0.25) is 5.02 Å². The van der Waals surface area contributed by atoms with Crippen molar-refractivity contribution < 1.29 is 14.3 Å². The average molecular weight is 369 g/mol. The molecule has 1 heterocycles. The van der Waals surface area contributed by atoms with E-state index in [1.54, 1.807) is 60.8 Å². The lowest BCUT2D eigenvalue weighted by Crippen LogP contribution is -2.26. The molecule has 26 heavy (non-hydrogen) atoms. The van der Waals surface area contributed by atoms with Gasteiger partial charge < -0.3 is 15.0 Å². The summed E-state index contributed by atoms with van der Waals surface area (Å²) in [6.45, 7) is 1.87. The lowest BCUT2D eigenvalue weighted by Gasteiger charge is -2.18. The summed E-state index contributed by atoms with van der Waals surface area (Å²) in [6.07, 6.45) is 0.523. The smallest absolute Gasteiger partial charge is 0.355 e. The lowest BCUT2D eigenvalue weighted by atomic mass is 10.1. The Kier molecular flexibility index (Phi) is 5.39. The third-order valence-corrected chi connectivity index (χ3v) is 4.23. The van der Waals surface area contributed by atoms with Crippen molar-refractivity contribution in [1.29, 1.82) is 0 Å². The topological polar surface area (TPSA) is 71.2 Å². The molecule has 6 heteroatoms. The van der Waals surface area contributed by atoms with Gasteiger partial charge in [-0.25, -0.2) is 4.79 Å². The molecule has 0 bridgehead atoms. The minimum Gasteiger partial charge on any atom is -0.443 e. The third-order valence-electron chi connectivity index (χ3n) is 3.82. The van der Waals surface area contributed by atoms with Gasteiger partial charge in [-0.15, -0.1) is 0 Å². The summed E-state index contributed by atoms with van der Waals surface area (Å²) in [6, 6.07) is 17.3. The molecule has 5 nitrogen and oxygen atoms in total. The van der Waals surface area contributed by atoms with E-state index in [0.29, 0.717) is 16.3 Å². The molecule has 0 aliphatic rings. The summed E-state index contributed by atoms with van der Waals surface area (Å²) in [4.78, 5) is 27.8. The van der Waals surface area contributed by atoms with Gasteiger partial charge in [-0.3, -0.25) is 4.79 Å². The van der Waals surface area contributed by atoms with Crippen molar-refractivity contribution in [2.24, 2.45) is 0 Å². The Morgan fingerprint density at radius 2 is 1.85 bits per heavy atom. The molecule has 0 aliphatic carbocycles. The third kappa shape index (κ3) is 4.13. The van der Waals surface area contributed by atoms with Crippen LogP contribution in [0.4, 0.5) is 5.69 Å². The van der Waals surface area contributed by atoms with E-state index in [4.69, 9.17) is 16.3 Å². The van der Waals surface area contributed by atoms with E-state index in [1.165, 1.54) is 0 Å². The summed E-state index contributed by atoms with van der Waals surface area (Å²) in [7, 11) is 0. The summed E-state index contributed by atoms with van der Waals surface area (Å²) < 4.78 is 5.45. The predicted molar refractivity (Wildman–Crippen MR) is 100 cm³/mol. The number of hydrogen-bond acceptors (Lipinski definition) is 3. The number of halogens is 1. The van der Waals surface area contributed by atoms with Crippen LogP contribution in [0.1, 0.15) is 27.7 Å². The van der Waals surface area contributed by atoms with Crippen molar-refractivity contribution in [2.75, 3.05) is 5.32 Å². The zero-order valence-corrected chi connectivity index (χ0v) is 14.8. The number of carbonyl (C=O) groups excluding carboxylic acids is 2. The van der Waals surface area contributed by atoms with Crippen LogP contribution >= 0.6 is 11.6 Å². The number of aryl methyl sites for hydroxylation is 1. The number of esters is 1. The van der Waals surface area contributed by atoms with E-state index in [9.17, 15) is 9.59 Å². The van der Waals surface area contributed by atoms with Gasteiger partial charge in [0.25, 0.3) is 5.91 Å². The molecule has 0 saturated carbocycles. The van der Waals surface area contributed by atoms with Gasteiger partial charge in [-0.2, -0.15) is 0 Å². The highest BCUT2D eigenvalue weighted by atomic mass is 35.5. The molecule has 1 amide bonds. The van der Waals surface area contributed by atoms with Crippen molar-refractivity contribution in [2.45, 2.75) is 13.0 Å². The highest BCUT2D eigenvalue weighted by molar-refractivity contribution is 6.31. The van der Waals surface area contributed by atoms with Crippen LogP contribution in [0.15, 0.2) is 66.9 Å². The monoisotopic (exact) mass is 368 g/mol. The van der Waals surface area contributed by atoms with E-state index in [2.05, 4.69) is 10.3 Å². The van der Waals surface area contributed by atoms with Crippen LogP contribution in [-0.4, -0.2) is 16.9 Å². The molecular formula is C20H17ClN2O3. The van der Waals surface area contributed by atoms with Gasteiger partial charge >= 0.3 is 5.97 Å². The predicted octanol–water partition coefficient (Wildman–Crippen LogP) is 4.51. The van der Waals surface area contributed by atoms with Crippen LogP contribution in [0.25, 0.3) is 0 Å². The van der Waals surface area contributed by atoms with Crippen LogP contribution in [-0.2, 0) is 9.53 Å². The lowest BCUT2D eigenvalue weighted by molar-refractivity contribution is -0.125. The number of carbonyl (C=O) groups is 2. The fraction of sp³-hybridized carbons (Fsp3) is 0.100. The molecule has 3 rings (SSSR count). The zero-order chi connectivity index (χ0) is 18.5. The number of ether oxygens (including phenoxy) is 1. The van der Waals surface area contributed by atoms with E-state index in [-0.39, 0.29) is 5.69 Å². The van der Waals surface area contributed by atoms with Crippen LogP contribution in [0.3, 0.4) is 0 Å². The quantitative estimate of drug-likeness (QED) is 0.651. The number of aromatic amines is 1. The maximum Gasteiger partial charge on any atom is 0.355 e. The maximum atomic E-state index is 12.8. The molecule has 0 unspecified atom stereocenters. The minimum atomic E-state index is -1.09. The number of aromatic nitrogens is 1. The second-order valence-electron chi connectivity index (χ2n) is 5.73. The molecule has 1 atom stereocenters. The number of hydrogen-bond donors (Lipinski definition) is 2. The van der Waals surface area contributed by atoms with Gasteiger partial charge in [-0.1, -0.05) is 48.0 Å². The SMILES string of the molecule is Cc1ccc(NC(=O)[C@H](OC(=O)c2ccc[nH]2)c2ccccc2)cc1Cl. The first-order chi connectivity index (χ1) is 12.5. The molecule has 2 aromatic carbocycles. The number of nitrogens with one attached hydrogen (secondary N) is 2. The van der Waals surface area contributed by atoms with Gasteiger partial charge in [0.05, 0.1) is 0 Å². The molecule has 3 aromatic rings. The zero-order valence-electron chi connectivity index (χ0n) is 14.0. The number of amides is 1. The fourth-order valence-electron chi connectivity index (χ4n) is 2.41. The van der Waals surface area contributed by atoms with Crippen molar-refractivity contribution >= 4 is 29.2 Å². The Balaban J connectivity index is 1.83. The molecule has 2 N–H and O–H groups in total. The Bertz CT molecular complexity index is 908. The maximum absolute atomic E-state index is 12.8. The molecule has 132 valence electrons. The normalized spacial score (nSPS) is 11.6. The first kappa shape index (κ1) is 17.8. The van der Waals surface area contributed by atoms with Crippen molar-refractivity contribution in [1.82, 2.24) is 4.98 Å². The first-order valence-electron chi connectivity index (χ1n) is 8.01. The molecule has 0 radical (unpaired) electrons. The van der Waals surface area contributed by atoms with E-state index in [0.717, 1.165) is 5.56 Å². The number of H-pyrrole nitrogens is 1. The molecular weight excluding hydrogens is 352 g/mol. The van der Waals surface area contributed by atoms with Crippen LogP contribution < -0.4 is 5.32 Å². The second-order valence-corrected chi connectivity index (χ2v) is 6.14. The largest absolute Gasteiger partial charge is 0.443 e. The highest BCUT2D eigenvalue weighted by Crippen LogP contribution is 2.24. The molecule has 0 saturated heterocycles. The summed E-state index contributed by atoms with van der Waals surface area (Å²) >= 11 is 6.10. The average Bonchev–Trinajstić information content (AvgIpc) is 3.18. The summed E-state index contributed by atoms with van der Waals surface area (Å²) in [5.41, 5.74) is 2.28. The van der Waals surface area contributed by atoms with Gasteiger partial charge in [0.15, 0.2) is 0 Å². The Labute approximate surface area is 156 Å². The molecule has 1 aromatic heterocycles. The molecule has 0 fully saturated rings. The van der Waals surface area contributed by atoms with Crippen molar-refractivity contribution in [3.8, 4) is 0 Å². The number of anilines is 1. The Morgan fingerprint density at radius 3 is 2.50 bits per heavy atom. The van der Waals surface area contributed by atoms with E-state index < -0.39 is 18.0 Å². The molecule has 0 spiro atoms. The fourth-order valence-corrected chi connectivity index (χ4v) is 2.59. The number of rotatable bonds is 5. The Hall–Kier alpha value is -3.05. The van der Waals surface area contributed by atoms with E-state index in [1.807, 2.05) is 13.0 Å². The van der Waals surface area contributed by atoms with Gasteiger partial charge in [0.2, 0.25) is 6.10 Å². The Morgan fingerprint density at radius 1 is 1.08 bits per heavy atom. The summed E-state index contributed by atoms with van der Waals surface area (Å²) in [5.74, 6) is -1.07. The van der Waals surface area contributed by atoms with Crippen molar-refractivity contribution in [3.63, 3.8) is 0 Å². The van der Waals surface area contributed by atoms with Crippen molar-refractivity contribution in [3.05, 3.63) is 88.7 Å². The van der Waals surface area contributed by atoms with E-state index >= 15 is 0 Å². The molecule has 0 aliphatic heterocycles. The second kappa shape index (κ2) is 7.89. The van der Waals surface area contributed by atoms with Gasteiger partial charge in [0.1, 0.15) is 5.69 Å². The van der Waals surface area contributed by atoms with Crippen LogP contribution in [0, 0.1) is 6.92 Å². The van der Waals surface area contributed by atoms with Gasteiger partial charge in [-0.05, 0) is 36.8 Å².